The second-order valence-corrected chi connectivity index (χ2v) is 7.92. The molecule has 2 aliphatic rings. The summed E-state index contributed by atoms with van der Waals surface area (Å²) in [7, 11) is 1.55. The van der Waals surface area contributed by atoms with Crippen molar-refractivity contribution in [3.63, 3.8) is 0 Å². The minimum atomic E-state index is -0.985. The van der Waals surface area contributed by atoms with E-state index in [4.69, 9.17) is 14.2 Å². The van der Waals surface area contributed by atoms with E-state index in [1.54, 1.807) is 12.0 Å². The van der Waals surface area contributed by atoms with Crippen LogP contribution in [-0.2, 0) is 19.0 Å². The number of ether oxygens (including phenoxy) is 3. The first-order chi connectivity index (χ1) is 14.7. The number of benzene rings is 1. The van der Waals surface area contributed by atoms with Crippen molar-refractivity contribution >= 4 is 23.7 Å². The van der Waals surface area contributed by atoms with Gasteiger partial charge in [-0.2, -0.15) is 0 Å². The average Bonchev–Trinajstić information content (AvgIpc) is 2.96. The molecule has 1 aromatic rings. The van der Waals surface area contributed by atoms with Crippen molar-refractivity contribution in [1.29, 1.82) is 0 Å². The van der Waals surface area contributed by atoms with Crippen LogP contribution in [0.1, 0.15) is 58.3 Å². The molecule has 3 unspecified atom stereocenters. The summed E-state index contributed by atoms with van der Waals surface area (Å²) in [5.41, 5.74) is 0.521. The average molecular weight is 432 g/mol. The molecule has 2 aliphatic heterocycles. The van der Waals surface area contributed by atoms with Crippen LogP contribution < -0.4 is 0 Å². The van der Waals surface area contributed by atoms with Gasteiger partial charge in [0.2, 0.25) is 0 Å². The Labute approximate surface area is 181 Å². The van der Waals surface area contributed by atoms with Gasteiger partial charge in [-0.1, -0.05) is 0 Å². The zero-order chi connectivity index (χ0) is 22.7. The third-order valence-corrected chi connectivity index (χ3v) is 5.30. The fraction of sp³-hybridized carbons (Fsp3) is 0.545. The summed E-state index contributed by atoms with van der Waals surface area (Å²) in [6.07, 6.45) is -0.651. The van der Waals surface area contributed by atoms with Crippen molar-refractivity contribution in [2.45, 2.75) is 45.5 Å². The Balaban J connectivity index is 1.66. The van der Waals surface area contributed by atoms with Crippen molar-refractivity contribution in [2.24, 2.45) is 0 Å². The predicted octanol–water partition coefficient (Wildman–Crippen LogP) is 1.50. The molecule has 9 nitrogen and oxygen atoms in total. The summed E-state index contributed by atoms with van der Waals surface area (Å²) < 4.78 is 15.9. The first-order valence-electron chi connectivity index (χ1n) is 10.4. The molecule has 9 heteroatoms. The van der Waals surface area contributed by atoms with E-state index >= 15 is 0 Å². The molecule has 0 saturated carbocycles. The summed E-state index contributed by atoms with van der Waals surface area (Å²) in [4.78, 5) is 53.1. The highest BCUT2D eigenvalue weighted by molar-refractivity contribution is 6.22. The predicted molar refractivity (Wildman–Crippen MR) is 110 cm³/mol. The van der Waals surface area contributed by atoms with Crippen molar-refractivity contribution in [2.75, 3.05) is 33.4 Å². The Morgan fingerprint density at radius 3 is 2.42 bits per heavy atom. The van der Waals surface area contributed by atoms with Gasteiger partial charge in [0.15, 0.2) is 6.10 Å². The maximum absolute atomic E-state index is 12.7. The fourth-order valence-electron chi connectivity index (χ4n) is 3.88. The molecular formula is C22H28N2O7. The smallest absolute Gasteiger partial charge is 0.338 e. The maximum atomic E-state index is 12.7. The van der Waals surface area contributed by atoms with Gasteiger partial charge >= 0.3 is 5.97 Å². The molecule has 0 bridgehead atoms. The number of rotatable bonds is 7. The SMILES string of the molecule is COCCCN1C(=O)c2ccc(C(=O)OC(C)C(=O)N3CC(C)OC(C)C3)cc2C1=O. The van der Waals surface area contributed by atoms with Gasteiger partial charge in [0.05, 0.1) is 28.9 Å². The normalized spacial score (nSPS) is 21.8. The van der Waals surface area contributed by atoms with E-state index in [-0.39, 0.29) is 41.4 Å². The van der Waals surface area contributed by atoms with E-state index in [0.29, 0.717) is 26.1 Å². The molecule has 0 aliphatic carbocycles. The highest BCUT2D eigenvalue weighted by Crippen LogP contribution is 2.25. The number of amides is 3. The first-order valence-corrected chi connectivity index (χ1v) is 10.4. The molecule has 0 radical (unpaired) electrons. The van der Waals surface area contributed by atoms with Crippen molar-refractivity contribution in [3.05, 3.63) is 34.9 Å². The van der Waals surface area contributed by atoms with Gasteiger partial charge < -0.3 is 19.1 Å². The van der Waals surface area contributed by atoms with Gasteiger partial charge in [0.25, 0.3) is 17.7 Å². The first kappa shape index (κ1) is 22.9. The Morgan fingerprint density at radius 1 is 1.13 bits per heavy atom. The zero-order valence-corrected chi connectivity index (χ0v) is 18.3. The molecule has 0 aromatic heterocycles. The van der Waals surface area contributed by atoms with E-state index < -0.39 is 23.9 Å². The Bertz CT molecular complexity index is 875. The number of carbonyl (C=O) groups excluding carboxylic acids is 4. The summed E-state index contributed by atoms with van der Waals surface area (Å²) in [6.45, 7) is 6.81. The highest BCUT2D eigenvalue weighted by atomic mass is 16.5. The standard InChI is InChI=1S/C22H28N2O7/c1-13-11-23(12-14(2)30-13)19(25)15(3)31-22(28)16-6-7-17-18(10-16)21(27)24(20(17)26)8-5-9-29-4/h6-7,10,13-15H,5,8-9,11-12H2,1-4H3. The van der Waals surface area contributed by atoms with Gasteiger partial charge in [-0.05, 0) is 45.4 Å². The van der Waals surface area contributed by atoms with Crippen molar-refractivity contribution in [1.82, 2.24) is 9.80 Å². The van der Waals surface area contributed by atoms with Gasteiger partial charge in [-0.3, -0.25) is 19.3 Å². The third-order valence-electron chi connectivity index (χ3n) is 5.30. The zero-order valence-electron chi connectivity index (χ0n) is 18.3. The highest BCUT2D eigenvalue weighted by Gasteiger charge is 2.36. The minimum absolute atomic E-state index is 0.0947. The van der Waals surface area contributed by atoms with Gasteiger partial charge in [0.1, 0.15) is 0 Å². The fourth-order valence-corrected chi connectivity index (χ4v) is 3.88. The van der Waals surface area contributed by atoms with Crippen LogP contribution in [-0.4, -0.2) is 85.2 Å². The lowest BCUT2D eigenvalue weighted by Crippen LogP contribution is -2.51. The monoisotopic (exact) mass is 432 g/mol. The van der Waals surface area contributed by atoms with E-state index in [2.05, 4.69) is 0 Å². The summed E-state index contributed by atoms with van der Waals surface area (Å²) >= 11 is 0. The van der Waals surface area contributed by atoms with E-state index in [1.165, 1.54) is 25.1 Å². The third kappa shape index (κ3) is 4.94. The minimum Gasteiger partial charge on any atom is -0.449 e. The van der Waals surface area contributed by atoms with Crippen LogP contribution in [0.2, 0.25) is 0 Å². The number of imide groups is 1. The molecule has 3 rings (SSSR count). The number of morpholine rings is 1. The van der Waals surface area contributed by atoms with Gasteiger partial charge in [0, 0.05) is 33.4 Å². The molecule has 0 N–H and O–H groups in total. The second-order valence-electron chi connectivity index (χ2n) is 7.92. The number of hydrogen-bond acceptors (Lipinski definition) is 7. The summed E-state index contributed by atoms with van der Waals surface area (Å²) in [5, 5.41) is 0. The lowest BCUT2D eigenvalue weighted by Gasteiger charge is -2.36. The van der Waals surface area contributed by atoms with E-state index in [0.717, 1.165) is 4.90 Å². The number of fused-ring (bicyclic) bond motifs is 1. The Hall–Kier alpha value is -2.78. The van der Waals surface area contributed by atoms with Gasteiger partial charge in [-0.15, -0.1) is 0 Å². The van der Waals surface area contributed by atoms with Crippen LogP contribution in [0.5, 0.6) is 0 Å². The van der Waals surface area contributed by atoms with Gasteiger partial charge in [-0.25, -0.2) is 4.79 Å². The topological polar surface area (TPSA) is 102 Å². The quantitative estimate of drug-likeness (QED) is 0.365. The number of esters is 1. The van der Waals surface area contributed by atoms with Crippen molar-refractivity contribution in [3.8, 4) is 0 Å². The van der Waals surface area contributed by atoms with Crippen LogP contribution in [0.25, 0.3) is 0 Å². The summed E-state index contributed by atoms with van der Waals surface area (Å²) in [5.74, 6) is -1.87. The number of hydrogen-bond donors (Lipinski definition) is 0. The van der Waals surface area contributed by atoms with Crippen LogP contribution >= 0.6 is 0 Å². The molecule has 1 fully saturated rings. The molecule has 1 aromatic carbocycles. The largest absolute Gasteiger partial charge is 0.449 e. The maximum Gasteiger partial charge on any atom is 0.338 e. The lowest BCUT2D eigenvalue weighted by molar-refractivity contribution is -0.151. The molecule has 1 saturated heterocycles. The van der Waals surface area contributed by atoms with Crippen LogP contribution in [0.4, 0.5) is 0 Å². The Kier molecular flexibility index (Phi) is 7.07. The van der Waals surface area contributed by atoms with E-state index in [9.17, 15) is 19.2 Å². The lowest BCUT2D eigenvalue weighted by atomic mass is 10.1. The Morgan fingerprint density at radius 2 is 1.77 bits per heavy atom. The van der Waals surface area contributed by atoms with E-state index in [1.807, 2.05) is 13.8 Å². The van der Waals surface area contributed by atoms with Crippen LogP contribution in [0, 0.1) is 0 Å². The van der Waals surface area contributed by atoms with Crippen molar-refractivity contribution < 1.29 is 33.4 Å². The number of nitrogens with zero attached hydrogens (tertiary/aromatic N) is 2. The number of carbonyl (C=O) groups is 4. The molecule has 3 amide bonds. The van der Waals surface area contributed by atoms with Crippen LogP contribution in [0.15, 0.2) is 18.2 Å². The molecule has 0 spiro atoms. The molecule has 3 atom stereocenters. The molecule has 31 heavy (non-hydrogen) atoms. The summed E-state index contributed by atoms with van der Waals surface area (Å²) in [6, 6.07) is 4.23. The molecule has 168 valence electrons. The second kappa shape index (κ2) is 9.57. The van der Waals surface area contributed by atoms with Crippen LogP contribution in [0.3, 0.4) is 0 Å². The molecular weight excluding hydrogens is 404 g/mol. The molecule has 2 heterocycles. The number of methoxy groups -OCH3 is 1.